The van der Waals surface area contributed by atoms with Crippen LogP contribution < -0.4 is 10.1 Å². The van der Waals surface area contributed by atoms with Gasteiger partial charge in [0.1, 0.15) is 23.2 Å². The number of anilines is 2. The van der Waals surface area contributed by atoms with Gasteiger partial charge in [-0.15, -0.1) is 13.2 Å². The molecule has 0 radical (unpaired) electrons. The normalized spacial score (nSPS) is 11.5. The highest BCUT2D eigenvalue weighted by molar-refractivity contribution is 5.88. The second kappa shape index (κ2) is 6.38. The lowest BCUT2D eigenvalue weighted by atomic mass is 10.2. The average Bonchev–Trinajstić information content (AvgIpc) is 3.12. The van der Waals surface area contributed by atoms with Gasteiger partial charge >= 0.3 is 6.36 Å². The molecule has 0 amide bonds. The van der Waals surface area contributed by atoms with E-state index in [0.29, 0.717) is 16.9 Å². The predicted octanol–water partition coefficient (Wildman–Crippen LogP) is 4.54. The van der Waals surface area contributed by atoms with Crippen molar-refractivity contribution in [2.45, 2.75) is 6.36 Å². The van der Waals surface area contributed by atoms with Crippen LogP contribution in [0.5, 0.6) is 5.75 Å². The standard InChI is InChI=1S/C18H9F4N5O/c19-11-7-10(9-23)15-14(8-11)27-6-5-24-17(27)16(26-15)25-12-1-3-13(4-2-12)28-18(20,21)22/h1-8H,(H,25,26). The molecule has 0 aliphatic rings. The number of hydrogen-bond donors (Lipinski definition) is 1. The number of nitriles is 1. The third-order valence-electron chi connectivity index (χ3n) is 3.86. The summed E-state index contributed by atoms with van der Waals surface area (Å²) in [6, 6.07) is 9.27. The SMILES string of the molecule is N#Cc1cc(F)cc2c1nc(Nc1ccc(OC(F)(F)F)cc1)c1nccn12. The zero-order chi connectivity index (χ0) is 19.9. The highest BCUT2D eigenvalue weighted by Crippen LogP contribution is 2.28. The fraction of sp³-hybridized carbons (Fsp3) is 0.0556. The van der Waals surface area contributed by atoms with Gasteiger partial charge in [-0.2, -0.15) is 5.26 Å². The van der Waals surface area contributed by atoms with Crippen LogP contribution in [0.25, 0.3) is 16.7 Å². The molecule has 0 unspecified atom stereocenters. The van der Waals surface area contributed by atoms with Gasteiger partial charge < -0.3 is 10.1 Å². The number of rotatable bonds is 3. The van der Waals surface area contributed by atoms with Gasteiger partial charge in [0.25, 0.3) is 0 Å². The third kappa shape index (κ3) is 3.25. The van der Waals surface area contributed by atoms with Crippen molar-refractivity contribution in [2.75, 3.05) is 5.32 Å². The molecule has 0 atom stereocenters. The molecule has 2 aromatic carbocycles. The quantitative estimate of drug-likeness (QED) is 0.523. The van der Waals surface area contributed by atoms with Crippen molar-refractivity contribution in [3.63, 3.8) is 0 Å². The van der Waals surface area contributed by atoms with Crippen LogP contribution in [0.2, 0.25) is 0 Å². The first-order valence-corrected chi connectivity index (χ1v) is 7.83. The Balaban J connectivity index is 1.77. The number of hydrogen-bond acceptors (Lipinski definition) is 5. The number of halogens is 4. The molecule has 140 valence electrons. The number of imidazole rings is 1. The molecule has 0 bridgehead atoms. The van der Waals surface area contributed by atoms with E-state index in [-0.39, 0.29) is 22.6 Å². The van der Waals surface area contributed by atoms with Crippen LogP contribution in [-0.4, -0.2) is 20.7 Å². The maximum absolute atomic E-state index is 13.8. The van der Waals surface area contributed by atoms with Crippen LogP contribution in [0.4, 0.5) is 29.1 Å². The summed E-state index contributed by atoms with van der Waals surface area (Å²) in [5.74, 6) is -0.690. The smallest absolute Gasteiger partial charge is 0.406 e. The lowest BCUT2D eigenvalue weighted by Crippen LogP contribution is -2.17. The van der Waals surface area contributed by atoms with Gasteiger partial charge in [0, 0.05) is 24.1 Å². The molecule has 28 heavy (non-hydrogen) atoms. The van der Waals surface area contributed by atoms with Gasteiger partial charge in [-0.3, -0.25) is 4.40 Å². The van der Waals surface area contributed by atoms with Gasteiger partial charge in [-0.1, -0.05) is 0 Å². The van der Waals surface area contributed by atoms with Gasteiger partial charge in [-0.05, 0) is 30.3 Å². The van der Waals surface area contributed by atoms with E-state index in [2.05, 4.69) is 20.0 Å². The Hall–Kier alpha value is -3.87. The summed E-state index contributed by atoms with van der Waals surface area (Å²) in [6.45, 7) is 0. The minimum absolute atomic E-state index is 0.0441. The van der Waals surface area contributed by atoms with E-state index in [9.17, 15) is 22.8 Å². The maximum atomic E-state index is 13.8. The van der Waals surface area contributed by atoms with E-state index >= 15 is 0 Å². The highest BCUT2D eigenvalue weighted by Gasteiger charge is 2.31. The van der Waals surface area contributed by atoms with Crippen LogP contribution in [0.15, 0.2) is 48.8 Å². The van der Waals surface area contributed by atoms with Crippen molar-refractivity contribution in [1.82, 2.24) is 14.4 Å². The second-order valence-corrected chi connectivity index (χ2v) is 5.71. The number of benzene rings is 2. The third-order valence-corrected chi connectivity index (χ3v) is 3.86. The van der Waals surface area contributed by atoms with E-state index in [1.54, 1.807) is 10.6 Å². The number of nitrogens with one attached hydrogen (secondary N) is 1. The first-order valence-electron chi connectivity index (χ1n) is 7.83. The maximum Gasteiger partial charge on any atom is 0.573 e. The van der Waals surface area contributed by atoms with E-state index < -0.39 is 12.2 Å². The number of fused-ring (bicyclic) bond motifs is 3. The molecule has 0 aliphatic heterocycles. The topological polar surface area (TPSA) is 75.2 Å². The van der Waals surface area contributed by atoms with Gasteiger partial charge in [-0.25, -0.2) is 14.4 Å². The Bertz CT molecular complexity index is 1230. The summed E-state index contributed by atoms with van der Waals surface area (Å²) in [6.07, 6.45) is -1.70. The number of nitrogens with zero attached hydrogens (tertiary/aromatic N) is 4. The predicted molar refractivity (Wildman–Crippen MR) is 91.6 cm³/mol. The molecule has 0 fully saturated rings. The largest absolute Gasteiger partial charge is 0.573 e. The lowest BCUT2D eigenvalue weighted by Gasteiger charge is -2.12. The molecular formula is C18H9F4N5O. The van der Waals surface area contributed by atoms with Gasteiger partial charge in [0.2, 0.25) is 0 Å². The van der Waals surface area contributed by atoms with E-state index in [4.69, 9.17) is 0 Å². The number of alkyl halides is 3. The van der Waals surface area contributed by atoms with Crippen molar-refractivity contribution >= 4 is 28.2 Å². The summed E-state index contributed by atoms with van der Waals surface area (Å²) >= 11 is 0. The Kier molecular flexibility index (Phi) is 4.00. The van der Waals surface area contributed by atoms with Crippen molar-refractivity contribution < 1.29 is 22.3 Å². The van der Waals surface area contributed by atoms with Crippen LogP contribution in [0.1, 0.15) is 5.56 Å². The molecule has 0 aliphatic carbocycles. The van der Waals surface area contributed by atoms with Gasteiger partial charge in [0.15, 0.2) is 11.5 Å². The molecule has 0 spiro atoms. The minimum atomic E-state index is -4.78. The molecule has 1 N–H and O–H groups in total. The van der Waals surface area contributed by atoms with E-state index in [1.165, 1.54) is 24.4 Å². The summed E-state index contributed by atoms with van der Waals surface area (Å²) in [7, 11) is 0. The Morgan fingerprint density at radius 2 is 1.89 bits per heavy atom. The zero-order valence-corrected chi connectivity index (χ0v) is 13.8. The fourth-order valence-electron chi connectivity index (χ4n) is 2.77. The van der Waals surface area contributed by atoms with Crippen LogP contribution in [0, 0.1) is 17.1 Å². The molecular weight excluding hydrogens is 378 g/mol. The van der Waals surface area contributed by atoms with Gasteiger partial charge in [0.05, 0.1) is 11.1 Å². The molecule has 0 saturated carbocycles. The first kappa shape index (κ1) is 17.5. The summed E-state index contributed by atoms with van der Waals surface area (Å²) in [5, 5.41) is 12.2. The van der Waals surface area contributed by atoms with E-state index in [0.717, 1.165) is 18.2 Å². The summed E-state index contributed by atoms with van der Waals surface area (Å²) in [5.41, 5.74) is 1.45. The van der Waals surface area contributed by atoms with Crippen LogP contribution in [-0.2, 0) is 0 Å². The van der Waals surface area contributed by atoms with Crippen molar-refractivity contribution in [2.24, 2.45) is 0 Å². The number of ether oxygens (including phenoxy) is 1. The molecule has 4 aromatic rings. The van der Waals surface area contributed by atoms with E-state index in [1.807, 2.05) is 6.07 Å². The van der Waals surface area contributed by atoms with Crippen molar-refractivity contribution in [3.05, 3.63) is 60.2 Å². The first-order chi connectivity index (χ1) is 13.3. The summed E-state index contributed by atoms with van der Waals surface area (Å²) in [4.78, 5) is 8.55. The highest BCUT2D eigenvalue weighted by atomic mass is 19.4. The summed E-state index contributed by atoms with van der Waals surface area (Å²) < 4.78 is 56.0. The Labute approximate surface area is 154 Å². The molecule has 10 heteroatoms. The van der Waals surface area contributed by atoms with Crippen LogP contribution >= 0.6 is 0 Å². The molecule has 2 aromatic heterocycles. The Morgan fingerprint density at radius 1 is 1.14 bits per heavy atom. The minimum Gasteiger partial charge on any atom is -0.406 e. The molecule has 0 saturated heterocycles. The lowest BCUT2D eigenvalue weighted by molar-refractivity contribution is -0.274. The fourth-order valence-corrected chi connectivity index (χ4v) is 2.77. The van der Waals surface area contributed by atoms with Crippen LogP contribution in [0.3, 0.4) is 0 Å². The van der Waals surface area contributed by atoms with Crippen molar-refractivity contribution in [1.29, 1.82) is 5.26 Å². The molecule has 2 heterocycles. The zero-order valence-electron chi connectivity index (χ0n) is 13.8. The Morgan fingerprint density at radius 3 is 2.57 bits per heavy atom. The molecule has 4 rings (SSSR count). The average molecular weight is 387 g/mol. The van der Waals surface area contributed by atoms with Crippen molar-refractivity contribution in [3.8, 4) is 11.8 Å². The molecule has 6 nitrogen and oxygen atoms in total. The number of aromatic nitrogens is 3. The second-order valence-electron chi connectivity index (χ2n) is 5.71. The monoisotopic (exact) mass is 387 g/mol.